The number of nitrogens with one attached hydrogen (secondary N) is 1. The van der Waals surface area contributed by atoms with Crippen LogP contribution in [-0.4, -0.2) is 30.1 Å². The van der Waals surface area contributed by atoms with Crippen molar-refractivity contribution in [3.05, 3.63) is 41.7 Å². The van der Waals surface area contributed by atoms with Crippen molar-refractivity contribution >= 4 is 21.7 Å². The molecule has 1 aromatic heterocycles. The number of rotatable bonds is 5. The van der Waals surface area contributed by atoms with Crippen LogP contribution in [0.2, 0.25) is 0 Å². The van der Waals surface area contributed by atoms with E-state index in [1.165, 1.54) is 12.1 Å². The number of carbonyl (C=O) groups excluding carboxylic acids is 1. The third-order valence-corrected chi connectivity index (χ3v) is 4.49. The van der Waals surface area contributed by atoms with Gasteiger partial charge in [-0.3, -0.25) is 10.1 Å². The Hall–Kier alpha value is -2.15. The van der Waals surface area contributed by atoms with Crippen LogP contribution in [0.3, 0.4) is 0 Å². The van der Waals surface area contributed by atoms with Crippen LogP contribution >= 0.6 is 0 Å². The average Bonchev–Trinajstić information content (AvgIpc) is 2.84. The molecule has 0 bridgehead atoms. The summed E-state index contributed by atoms with van der Waals surface area (Å²) in [7, 11) is -3.36. The Morgan fingerprint density at radius 3 is 2.65 bits per heavy atom. The molecule has 0 aliphatic rings. The van der Waals surface area contributed by atoms with E-state index in [9.17, 15) is 13.2 Å². The topological polar surface area (TPSA) is 81.1 Å². The van der Waals surface area contributed by atoms with Gasteiger partial charge in [-0.1, -0.05) is 19.9 Å². The van der Waals surface area contributed by atoms with Crippen LogP contribution in [0.1, 0.15) is 29.8 Å². The number of anilines is 1. The number of amides is 1. The fraction of sp³-hybridized carbons (Fsp3) is 0.375. The van der Waals surface area contributed by atoms with Crippen molar-refractivity contribution in [2.75, 3.05) is 11.6 Å². The van der Waals surface area contributed by atoms with Crippen LogP contribution < -0.4 is 5.32 Å². The van der Waals surface area contributed by atoms with Gasteiger partial charge in [-0.05, 0) is 30.5 Å². The fourth-order valence-corrected chi connectivity index (χ4v) is 2.87. The van der Waals surface area contributed by atoms with Crippen molar-refractivity contribution in [2.45, 2.75) is 32.2 Å². The molecule has 0 unspecified atom stereocenters. The van der Waals surface area contributed by atoms with E-state index in [2.05, 4.69) is 24.1 Å². The molecule has 124 valence electrons. The average molecular weight is 335 g/mol. The van der Waals surface area contributed by atoms with Crippen LogP contribution in [-0.2, 0) is 16.4 Å². The molecule has 0 spiro atoms. The van der Waals surface area contributed by atoms with Gasteiger partial charge < -0.3 is 4.57 Å². The van der Waals surface area contributed by atoms with Crippen LogP contribution in [0.25, 0.3) is 0 Å². The summed E-state index contributed by atoms with van der Waals surface area (Å²) in [5, 5.41) is 2.75. The SMILES string of the molecule is Cc1ccc(S(C)(=O)=O)cc1C(=O)Nc1nccn1CC(C)C. The van der Waals surface area contributed by atoms with Crippen molar-refractivity contribution in [3.63, 3.8) is 0 Å². The molecule has 1 amide bonds. The van der Waals surface area contributed by atoms with E-state index in [-0.39, 0.29) is 10.8 Å². The highest BCUT2D eigenvalue weighted by Crippen LogP contribution is 2.17. The minimum atomic E-state index is -3.36. The molecule has 2 aromatic rings. The van der Waals surface area contributed by atoms with Gasteiger partial charge >= 0.3 is 0 Å². The highest BCUT2D eigenvalue weighted by Gasteiger charge is 2.16. The predicted molar refractivity (Wildman–Crippen MR) is 89.3 cm³/mol. The third-order valence-electron chi connectivity index (χ3n) is 3.38. The first-order valence-electron chi connectivity index (χ1n) is 7.31. The Balaban J connectivity index is 2.30. The molecule has 0 atom stereocenters. The minimum Gasteiger partial charge on any atom is -0.317 e. The third kappa shape index (κ3) is 4.19. The van der Waals surface area contributed by atoms with Gasteiger partial charge in [-0.25, -0.2) is 13.4 Å². The van der Waals surface area contributed by atoms with Crippen molar-refractivity contribution in [1.82, 2.24) is 9.55 Å². The number of aromatic nitrogens is 2. The predicted octanol–water partition coefficient (Wildman–Crippen LogP) is 2.50. The highest BCUT2D eigenvalue weighted by atomic mass is 32.2. The number of imidazole rings is 1. The van der Waals surface area contributed by atoms with Crippen LogP contribution in [0.15, 0.2) is 35.5 Å². The largest absolute Gasteiger partial charge is 0.317 e. The molecule has 0 saturated carbocycles. The second kappa shape index (κ2) is 6.54. The molecular weight excluding hydrogens is 314 g/mol. The molecule has 0 fully saturated rings. The number of nitrogens with zero attached hydrogens (tertiary/aromatic N) is 2. The quantitative estimate of drug-likeness (QED) is 0.910. The van der Waals surface area contributed by atoms with Gasteiger partial charge in [0.25, 0.3) is 5.91 Å². The van der Waals surface area contributed by atoms with Gasteiger partial charge in [0.2, 0.25) is 5.95 Å². The summed E-state index contributed by atoms with van der Waals surface area (Å²) in [6.07, 6.45) is 4.54. The number of aryl methyl sites for hydroxylation is 1. The van der Waals surface area contributed by atoms with Crippen molar-refractivity contribution in [2.24, 2.45) is 5.92 Å². The number of carbonyl (C=O) groups is 1. The zero-order chi connectivity index (χ0) is 17.2. The molecule has 1 N–H and O–H groups in total. The summed E-state index contributed by atoms with van der Waals surface area (Å²) >= 11 is 0. The first-order valence-corrected chi connectivity index (χ1v) is 9.21. The Morgan fingerprint density at radius 1 is 1.35 bits per heavy atom. The van der Waals surface area contributed by atoms with E-state index in [4.69, 9.17) is 0 Å². The summed E-state index contributed by atoms with van der Waals surface area (Å²) in [6.45, 7) is 6.65. The Bertz CT molecular complexity index is 823. The van der Waals surface area contributed by atoms with E-state index in [1.807, 2.05) is 4.57 Å². The maximum atomic E-state index is 12.5. The standard InChI is InChI=1S/C16H21N3O3S/c1-11(2)10-19-8-7-17-16(19)18-15(20)14-9-13(23(4,21)22)6-5-12(14)3/h5-9,11H,10H2,1-4H3,(H,17,18,20). The smallest absolute Gasteiger partial charge is 0.258 e. The summed E-state index contributed by atoms with van der Waals surface area (Å²) in [5.74, 6) is 0.493. The molecule has 1 aromatic carbocycles. The van der Waals surface area contributed by atoms with Crippen LogP contribution in [0.4, 0.5) is 5.95 Å². The maximum Gasteiger partial charge on any atom is 0.258 e. The maximum absolute atomic E-state index is 12.5. The molecule has 0 aliphatic heterocycles. The lowest BCUT2D eigenvalue weighted by Gasteiger charge is -2.12. The lowest BCUT2D eigenvalue weighted by Crippen LogP contribution is -2.18. The lowest BCUT2D eigenvalue weighted by molar-refractivity contribution is 0.102. The molecular formula is C16H21N3O3S. The van der Waals surface area contributed by atoms with E-state index >= 15 is 0 Å². The minimum absolute atomic E-state index is 0.124. The molecule has 0 aliphatic carbocycles. The number of hydrogen-bond acceptors (Lipinski definition) is 4. The first kappa shape index (κ1) is 17.2. The van der Waals surface area contributed by atoms with Crippen molar-refractivity contribution in [1.29, 1.82) is 0 Å². The van der Waals surface area contributed by atoms with Crippen molar-refractivity contribution < 1.29 is 13.2 Å². The normalized spacial score (nSPS) is 11.7. The van der Waals surface area contributed by atoms with Crippen molar-refractivity contribution in [3.8, 4) is 0 Å². The van der Waals surface area contributed by atoms with Crippen LogP contribution in [0.5, 0.6) is 0 Å². The summed E-state index contributed by atoms with van der Waals surface area (Å²) in [4.78, 5) is 16.8. The Kier molecular flexibility index (Phi) is 4.89. The van der Waals surface area contributed by atoms with Gasteiger partial charge in [-0.2, -0.15) is 0 Å². The van der Waals surface area contributed by atoms with Gasteiger partial charge in [0, 0.05) is 30.8 Å². The summed E-state index contributed by atoms with van der Waals surface area (Å²) in [6, 6.07) is 4.53. The molecule has 23 heavy (non-hydrogen) atoms. The Labute approximate surface area is 136 Å². The van der Waals surface area contributed by atoms with Crippen LogP contribution in [0, 0.1) is 12.8 Å². The molecule has 2 rings (SSSR count). The number of hydrogen-bond donors (Lipinski definition) is 1. The second-order valence-corrected chi connectivity index (χ2v) is 8.02. The van der Waals surface area contributed by atoms with Gasteiger partial charge in [0.1, 0.15) is 0 Å². The summed E-state index contributed by atoms with van der Waals surface area (Å²) in [5.41, 5.74) is 1.03. The van der Waals surface area contributed by atoms with Gasteiger partial charge in [0.15, 0.2) is 9.84 Å². The lowest BCUT2D eigenvalue weighted by atomic mass is 10.1. The highest BCUT2D eigenvalue weighted by molar-refractivity contribution is 7.90. The van der Waals surface area contributed by atoms with E-state index in [0.717, 1.165) is 12.8 Å². The molecule has 0 saturated heterocycles. The first-order chi connectivity index (χ1) is 10.7. The summed E-state index contributed by atoms with van der Waals surface area (Å²) < 4.78 is 25.2. The fourth-order valence-electron chi connectivity index (χ4n) is 2.22. The van der Waals surface area contributed by atoms with E-state index < -0.39 is 9.84 Å². The molecule has 0 radical (unpaired) electrons. The molecule has 1 heterocycles. The Morgan fingerprint density at radius 2 is 2.04 bits per heavy atom. The number of sulfone groups is 1. The zero-order valence-corrected chi connectivity index (χ0v) is 14.5. The number of benzene rings is 1. The zero-order valence-electron chi connectivity index (χ0n) is 13.7. The van der Waals surface area contributed by atoms with Gasteiger partial charge in [0.05, 0.1) is 4.90 Å². The van der Waals surface area contributed by atoms with E-state index in [1.54, 1.807) is 25.4 Å². The molecule has 7 heteroatoms. The monoisotopic (exact) mass is 335 g/mol. The van der Waals surface area contributed by atoms with E-state index in [0.29, 0.717) is 23.0 Å². The second-order valence-electron chi connectivity index (χ2n) is 6.00. The molecule has 6 nitrogen and oxygen atoms in total. The van der Waals surface area contributed by atoms with Gasteiger partial charge in [-0.15, -0.1) is 0 Å².